The molecular formula is C23H27N5O5. The van der Waals surface area contributed by atoms with E-state index in [9.17, 15) is 14.4 Å². The van der Waals surface area contributed by atoms with Crippen LogP contribution in [-0.2, 0) is 9.59 Å². The van der Waals surface area contributed by atoms with Crippen molar-refractivity contribution in [3.05, 3.63) is 37.1 Å². The van der Waals surface area contributed by atoms with Crippen LogP contribution >= 0.6 is 0 Å². The molecule has 10 heteroatoms. The number of nitrogens with zero attached hydrogens (tertiary/aromatic N) is 5. The van der Waals surface area contributed by atoms with Crippen LogP contribution in [0.4, 0.5) is 10.5 Å². The Hall–Kier alpha value is -3.43. The highest BCUT2D eigenvalue weighted by Gasteiger charge is 2.48. The fourth-order valence-electron chi connectivity index (χ4n) is 4.93. The molecule has 0 spiro atoms. The fraction of sp³-hybridized carbons (Fsp3) is 0.522. The Labute approximate surface area is 191 Å². The van der Waals surface area contributed by atoms with Crippen molar-refractivity contribution in [2.75, 3.05) is 24.6 Å². The van der Waals surface area contributed by atoms with Gasteiger partial charge >= 0.3 is 6.09 Å². The molecule has 2 aromatic heterocycles. The van der Waals surface area contributed by atoms with Gasteiger partial charge in [0.1, 0.15) is 12.9 Å². The molecule has 3 fully saturated rings. The number of hydrogen-bond acceptors (Lipinski definition) is 7. The lowest BCUT2D eigenvalue weighted by Crippen LogP contribution is -2.41. The Bertz CT molecular complexity index is 977. The van der Waals surface area contributed by atoms with Crippen LogP contribution in [0.5, 0.6) is 5.88 Å². The number of aromatic nitrogens is 3. The summed E-state index contributed by atoms with van der Waals surface area (Å²) in [5.74, 6) is -0.208. The molecular weight excluding hydrogens is 426 g/mol. The molecule has 3 aliphatic rings. The molecule has 0 N–H and O–H groups in total. The smallest absolute Gasteiger partial charge is 0.413 e. The van der Waals surface area contributed by atoms with E-state index >= 15 is 0 Å². The standard InChI is InChI=1S/C23H27N5O5/c29-21-18-3-1-2-4-19(18)22(30)28(21)17-5-6-20(25-13-17)33-23(31)26-10-7-16(8-11-26)14-32-27-12-9-24-15-27/h5-6,9,12-13,15-16,18-19H,1-4,7-8,10-11,14H2. The molecule has 1 saturated carbocycles. The summed E-state index contributed by atoms with van der Waals surface area (Å²) in [6.45, 7) is 1.72. The van der Waals surface area contributed by atoms with Crippen molar-refractivity contribution in [1.29, 1.82) is 0 Å². The average Bonchev–Trinajstić information content (AvgIpc) is 3.46. The first-order chi connectivity index (χ1) is 16.1. The zero-order chi connectivity index (χ0) is 22.8. The van der Waals surface area contributed by atoms with Gasteiger partial charge < -0.3 is 14.5 Å². The minimum atomic E-state index is -0.455. The van der Waals surface area contributed by atoms with Crippen LogP contribution in [0.2, 0.25) is 0 Å². The van der Waals surface area contributed by atoms with Crippen LogP contribution in [-0.4, -0.2) is 57.2 Å². The van der Waals surface area contributed by atoms with Gasteiger partial charge in [-0.3, -0.25) is 9.59 Å². The van der Waals surface area contributed by atoms with Crippen molar-refractivity contribution in [2.45, 2.75) is 38.5 Å². The summed E-state index contributed by atoms with van der Waals surface area (Å²) in [6.07, 6.45) is 11.1. The van der Waals surface area contributed by atoms with Crippen molar-refractivity contribution in [1.82, 2.24) is 19.6 Å². The van der Waals surface area contributed by atoms with E-state index < -0.39 is 6.09 Å². The molecule has 2 atom stereocenters. The van der Waals surface area contributed by atoms with Crippen molar-refractivity contribution in [3.63, 3.8) is 0 Å². The van der Waals surface area contributed by atoms with Crippen molar-refractivity contribution >= 4 is 23.6 Å². The van der Waals surface area contributed by atoms with E-state index in [4.69, 9.17) is 9.57 Å². The number of pyridine rings is 1. The van der Waals surface area contributed by atoms with Gasteiger partial charge in [0.25, 0.3) is 0 Å². The molecule has 4 heterocycles. The minimum absolute atomic E-state index is 0.142. The van der Waals surface area contributed by atoms with Crippen molar-refractivity contribution < 1.29 is 24.0 Å². The van der Waals surface area contributed by atoms with Crippen molar-refractivity contribution in [2.24, 2.45) is 17.8 Å². The van der Waals surface area contributed by atoms with Crippen LogP contribution in [0.25, 0.3) is 0 Å². The van der Waals surface area contributed by atoms with Crippen LogP contribution in [0.15, 0.2) is 37.1 Å². The zero-order valence-electron chi connectivity index (χ0n) is 18.3. The SMILES string of the molecule is O=C(Oc1ccc(N2C(=O)C3CCCCC3C2=O)cn1)N1CCC(COn2ccnc2)CC1. The first kappa shape index (κ1) is 21.4. The Balaban J connectivity index is 1.13. The molecule has 2 aromatic rings. The van der Waals surface area contributed by atoms with Crippen LogP contribution in [0.1, 0.15) is 38.5 Å². The van der Waals surface area contributed by atoms with Crippen LogP contribution in [0, 0.1) is 17.8 Å². The highest BCUT2D eigenvalue weighted by molar-refractivity contribution is 6.22. The maximum absolute atomic E-state index is 12.7. The third-order valence-corrected chi connectivity index (χ3v) is 6.82. The Morgan fingerprint density at radius 3 is 2.36 bits per heavy atom. The molecule has 0 bridgehead atoms. The van der Waals surface area contributed by atoms with Crippen molar-refractivity contribution in [3.8, 4) is 5.88 Å². The number of amides is 3. The summed E-state index contributed by atoms with van der Waals surface area (Å²) in [4.78, 5) is 54.6. The van der Waals surface area contributed by atoms with Gasteiger partial charge in [-0.2, -0.15) is 4.73 Å². The summed E-state index contributed by atoms with van der Waals surface area (Å²) in [6, 6.07) is 3.14. The third kappa shape index (κ3) is 4.42. The predicted octanol–water partition coefficient (Wildman–Crippen LogP) is 2.30. The zero-order valence-corrected chi connectivity index (χ0v) is 18.3. The number of imidazole rings is 1. The highest BCUT2D eigenvalue weighted by Crippen LogP contribution is 2.40. The third-order valence-electron chi connectivity index (χ3n) is 6.82. The number of likely N-dealkylation sites (tertiary alicyclic amines) is 1. The quantitative estimate of drug-likeness (QED) is 0.640. The van der Waals surface area contributed by atoms with Gasteiger partial charge in [0, 0.05) is 25.4 Å². The molecule has 2 aliphatic heterocycles. The Morgan fingerprint density at radius 2 is 1.76 bits per heavy atom. The van der Waals surface area contributed by atoms with E-state index in [1.54, 1.807) is 34.4 Å². The molecule has 2 unspecified atom stereocenters. The van der Waals surface area contributed by atoms with Crippen LogP contribution < -0.4 is 14.5 Å². The van der Waals surface area contributed by atoms with Gasteiger partial charge in [-0.15, -0.1) is 0 Å². The second kappa shape index (κ2) is 9.21. The number of piperidine rings is 1. The van der Waals surface area contributed by atoms with E-state index in [-0.39, 0.29) is 29.5 Å². The first-order valence-corrected chi connectivity index (χ1v) is 11.5. The first-order valence-electron chi connectivity index (χ1n) is 11.5. The maximum Gasteiger partial charge on any atom is 0.416 e. The van der Waals surface area contributed by atoms with Gasteiger partial charge in [0.2, 0.25) is 17.7 Å². The number of rotatable bonds is 5. The van der Waals surface area contributed by atoms with Crippen LogP contribution in [0.3, 0.4) is 0 Å². The second-order valence-electron chi connectivity index (χ2n) is 8.88. The Morgan fingerprint density at radius 1 is 1.03 bits per heavy atom. The minimum Gasteiger partial charge on any atom is -0.413 e. The maximum atomic E-state index is 12.7. The van der Waals surface area contributed by atoms with E-state index in [0.29, 0.717) is 31.3 Å². The molecule has 0 radical (unpaired) electrons. The Kier molecular flexibility index (Phi) is 5.97. The lowest BCUT2D eigenvalue weighted by molar-refractivity contribution is -0.122. The topological polar surface area (TPSA) is 107 Å². The number of imide groups is 1. The number of fused-ring (bicyclic) bond motifs is 1. The number of anilines is 1. The van der Waals surface area contributed by atoms with E-state index in [1.807, 2.05) is 0 Å². The van der Waals surface area contributed by atoms with Gasteiger partial charge in [-0.25, -0.2) is 19.7 Å². The summed E-state index contributed by atoms with van der Waals surface area (Å²) in [7, 11) is 0. The summed E-state index contributed by atoms with van der Waals surface area (Å²) >= 11 is 0. The molecule has 0 aromatic carbocycles. The molecule has 2 saturated heterocycles. The highest BCUT2D eigenvalue weighted by atomic mass is 16.7. The molecule has 174 valence electrons. The lowest BCUT2D eigenvalue weighted by atomic mass is 9.81. The van der Waals surface area contributed by atoms with Gasteiger partial charge in [0.15, 0.2) is 0 Å². The number of ether oxygens (including phenoxy) is 1. The van der Waals surface area contributed by atoms with Gasteiger partial charge in [0.05, 0.1) is 29.9 Å². The monoisotopic (exact) mass is 453 g/mol. The lowest BCUT2D eigenvalue weighted by Gasteiger charge is -2.30. The number of hydrogen-bond donors (Lipinski definition) is 0. The number of carbonyl (C=O) groups excluding carboxylic acids is 3. The molecule has 1 aliphatic carbocycles. The largest absolute Gasteiger partial charge is 0.416 e. The molecule has 33 heavy (non-hydrogen) atoms. The van der Waals surface area contributed by atoms with Gasteiger partial charge in [-0.1, -0.05) is 12.8 Å². The van der Waals surface area contributed by atoms with Gasteiger partial charge in [-0.05, 0) is 37.7 Å². The second-order valence-corrected chi connectivity index (χ2v) is 8.88. The summed E-state index contributed by atoms with van der Waals surface area (Å²) in [5.41, 5.74) is 0.429. The fourth-order valence-corrected chi connectivity index (χ4v) is 4.93. The summed E-state index contributed by atoms with van der Waals surface area (Å²) in [5, 5.41) is 0. The predicted molar refractivity (Wildman–Crippen MR) is 116 cm³/mol. The van der Waals surface area contributed by atoms with E-state index in [1.165, 1.54) is 17.2 Å². The molecule has 5 rings (SSSR count). The average molecular weight is 453 g/mol. The number of carbonyl (C=O) groups is 3. The summed E-state index contributed by atoms with van der Waals surface area (Å²) < 4.78 is 6.99. The normalized spacial score (nSPS) is 23.5. The molecule has 3 amide bonds. The van der Waals surface area contributed by atoms with E-state index in [0.717, 1.165) is 38.5 Å². The van der Waals surface area contributed by atoms with E-state index in [2.05, 4.69) is 9.97 Å². The molecule has 10 nitrogen and oxygen atoms in total.